The number of amides is 1. The fourth-order valence-electron chi connectivity index (χ4n) is 2.34. The lowest BCUT2D eigenvalue weighted by Crippen LogP contribution is -2.34. The molecule has 3 heterocycles. The number of nitrogens with zero attached hydrogens (tertiary/aromatic N) is 5. The molecule has 1 aliphatic heterocycles. The van der Waals surface area contributed by atoms with E-state index in [-0.39, 0.29) is 11.7 Å². The van der Waals surface area contributed by atoms with Crippen molar-refractivity contribution in [3.05, 3.63) is 36.0 Å². The fraction of sp³-hybridized carbons (Fsp3) is 0.462. The van der Waals surface area contributed by atoms with E-state index in [1.165, 1.54) is 12.4 Å². The summed E-state index contributed by atoms with van der Waals surface area (Å²) in [6, 6.07) is 0.567. The van der Waals surface area contributed by atoms with Gasteiger partial charge in [0.25, 0.3) is 11.8 Å². The van der Waals surface area contributed by atoms with Crippen molar-refractivity contribution in [1.29, 1.82) is 0 Å². The predicted octanol–water partition coefficient (Wildman–Crippen LogP) is 1.64. The Bertz CT molecular complexity index is 676. The molecule has 7 nitrogen and oxygen atoms in total. The summed E-state index contributed by atoms with van der Waals surface area (Å²) >= 11 is 0. The SMILES string of the molecule is CCc1noc([C@@H]2CC(F)(F)CN2C(=O)c2ncccn2)n1. The molecular weight excluding hydrogens is 296 g/mol. The molecule has 2 aromatic heterocycles. The van der Waals surface area contributed by atoms with Crippen molar-refractivity contribution in [2.45, 2.75) is 31.7 Å². The zero-order valence-electron chi connectivity index (χ0n) is 11.7. The number of carbonyl (C=O) groups excluding carboxylic acids is 1. The van der Waals surface area contributed by atoms with Gasteiger partial charge in [0.1, 0.15) is 6.04 Å². The molecule has 1 amide bonds. The minimum absolute atomic E-state index is 0.0123. The van der Waals surface area contributed by atoms with E-state index < -0.39 is 30.8 Å². The third-order valence-electron chi connectivity index (χ3n) is 3.37. The van der Waals surface area contributed by atoms with Crippen molar-refractivity contribution >= 4 is 5.91 Å². The van der Waals surface area contributed by atoms with Crippen LogP contribution in [0.1, 0.15) is 41.7 Å². The van der Waals surface area contributed by atoms with Gasteiger partial charge in [-0.2, -0.15) is 4.98 Å². The third kappa shape index (κ3) is 2.66. The molecule has 0 saturated carbocycles. The molecule has 1 atom stereocenters. The Hall–Kier alpha value is -2.45. The molecule has 9 heteroatoms. The number of rotatable bonds is 3. The molecule has 2 aromatic rings. The Labute approximate surface area is 124 Å². The molecule has 1 fully saturated rings. The van der Waals surface area contributed by atoms with E-state index in [1.54, 1.807) is 6.07 Å². The lowest BCUT2D eigenvalue weighted by molar-refractivity contribution is 0.0115. The van der Waals surface area contributed by atoms with Crippen molar-refractivity contribution in [1.82, 2.24) is 25.0 Å². The summed E-state index contributed by atoms with van der Waals surface area (Å²) in [4.78, 5) is 25.0. The Morgan fingerprint density at radius 1 is 1.45 bits per heavy atom. The molecule has 3 rings (SSSR count). The second kappa shape index (κ2) is 5.39. The molecule has 1 aliphatic rings. The molecule has 0 N–H and O–H groups in total. The van der Waals surface area contributed by atoms with Gasteiger partial charge in [0.05, 0.1) is 6.54 Å². The van der Waals surface area contributed by atoms with Crippen molar-refractivity contribution in [3.63, 3.8) is 0 Å². The molecule has 116 valence electrons. The number of carbonyl (C=O) groups is 1. The number of halogens is 2. The van der Waals surface area contributed by atoms with Gasteiger partial charge < -0.3 is 9.42 Å². The smallest absolute Gasteiger partial charge is 0.292 e. The predicted molar refractivity (Wildman–Crippen MR) is 69.0 cm³/mol. The Morgan fingerprint density at radius 2 is 2.18 bits per heavy atom. The van der Waals surface area contributed by atoms with Crippen molar-refractivity contribution in [2.75, 3.05) is 6.54 Å². The van der Waals surface area contributed by atoms with Crippen molar-refractivity contribution < 1.29 is 18.1 Å². The highest BCUT2D eigenvalue weighted by molar-refractivity contribution is 5.91. The second-order valence-electron chi connectivity index (χ2n) is 4.98. The first-order valence-electron chi connectivity index (χ1n) is 6.78. The summed E-state index contributed by atoms with van der Waals surface area (Å²) in [5, 5.41) is 3.69. The minimum atomic E-state index is -3.02. The van der Waals surface area contributed by atoms with Gasteiger partial charge in [0, 0.05) is 25.2 Å². The maximum absolute atomic E-state index is 13.8. The van der Waals surface area contributed by atoms with Crippen LogP contribution in [0.5, 0.6) is 0 Å². The summed E-state index contributed by atoms with van der Waals surface area (Å²) in [7, 11) is 0. The number of likely N-dealkylation sites (tertiary alicyclic amines) is 1. The van der Waals surface area contributed by atoms with Crippen LogP contribution in [0.25, 0.3) is 0 Å². The number of alkyl halides is 2. The van der Waals surface area contributed by atoms with Gasteiger partial charge in [-0.1, -0.05) is 12.1 Å². The molecule has 1 saturated heterocycles. The Balaban J connectivity index is 1.91. The van der Waals surface area contributed by atoms with E-state index in [0.29, 0.717) is 12.2 Å². The minimum Gasteiger partial charge on any atom is -0.337 e. The molecular formula is C13H13F2N5O2. The topological polar surface area (TPSA) is 85.0 Å². The number of aryl methyl sites for hydroxylation is 1. The molecule has 0 aliphatic carbocycles. The summed E-state index contributed by atoms with van der Waals surface area (Å²) in [6.07, 6.45) is 2.72. The molecule has 0 unspecified atom stereocenters. The van der Waals surface area contributed by atoms with E-state index in [0.717, 1.165) is 4.90 Å². The van der Waals surface area contributed by atoms with Gasteiger partial charge in [0.15, 0.2) is 5.82 Å². The molecule has 0 spiro atoms. The quantitative estimate of drug-likeness (QED) is 0.857. The van der Waals surface area contributed by atoms with E-state index in [4.69, 9.17) is 4.52 Å². The van der Waals surface area contributed by atoms with Crippen LogP contribution in [0.4, 0.5) is 8.78 Å². The van der Waals surface area contributed by atoms with E-state index in [1.807, 2.05) is 6.92 Å². The maximum atomic E-state index is 13.8. The largest absolute Gasteiger partial charge is 0.337 e. The molecule has 0 aromatic carbocycles. The van der Waals surface area contributed by atoms with E-state index >= 15 is 0 Å². The first-order valence-corrected chi connectivity index (χ1v) is 6.78. The van der Waals surface area contributed by atoms with Gasteiger partial charge >= 0.3 is 0 Å². The first-order chi connectivity index (χ1) is 10.5. The number of hydrogen-bond acceptors (Lipinski definition) is 6. The lowest BCUT2D eigenvalue weighted by atomic mass is 10.2. The zero-order chi connectivity index (χ0) is 15.7. The highest BCUT2D eigenvalue weighted by Gasteiger charge is 2.50. The highest BCUT2D eigenvalue weighted by atomic mass is 19.3. The molecule has 0 radical (unpaired) electrons. The summed E-state index contributed by atoms with van der Waals surface area (Å²) < 4.78 is 32.6. The average molecular weight is 309 g/mol. The lowest BCUT2D eigenvalue weighted by Gasteiger charge is -2.19. The maximum Gasteiger partial charge on any atom is 0.292 e. The summed E-state index contributed by atoms with van der Waals surface area (Å²) in [5.41, 5.74) is 0. The Morgan fingerprint density at radius 3 is 2.82 bits per heavy atom. The van der Waals surface area contributed by atoms with Crippen LogP contribution in [-0.2, 0) is 6.42 Å². The second-order valence-corrected chi connectivity index (χ2v) is 4.98. The van der Waals surface area contributed by atoms with Gasteiger partial charge in [-0.05, 0) is 6.07 Å². The monoisotopic (exact) mass is 309 g/mol. The normalized spacial score (nSPS) is 20.3. The Kier molecular flexibility index (Phi) is 3.55. The van der Waals surface area contributed by atoms with Crippen LogP contribution >= 0.6 is 0 Å². The van der Waals surface area contributed by atoms with Crippen LogP contribution in [0, 0.1) is 0 Å². The third-order valence-corrected chi connectivity index (χ3v) is 3.37. The van der Waals surface area contributed by atoms with Crippen molar-refractivity contribution in [3.8, 4) is 0 Å². The summed E-state index contributed by atoms with van der Waals surface area (Å²) in [5.74, 6) is -3.41. The van der Waals surface area contributed by atoms with Gasteiger partial charge in [-0.15, -0.1) is 0 Å². The van der Waals surface area contributed by atoms with Gasteiger partial charge in [-0.3, -0.25) is 4.79 Å². The fourth-order valence-corrected chi connectivity index (χ4v) is 2.34. The van der Waals surface area contributed by atoms with Gasteiger partial charge in [-0.25, -0.2) is 18.7 Å². The number of aromatic nitrogens is 4. The van der Waals surface area contributed by atoms with Crippen LogP contribution in [0.15, 0.2) is 23.0 Å². The van der Waals surface area contributed by atoms with Crippen LogP contribution in [0.2, 0.25) is 0 Å². The summed E-state index contributed by atoms with van der Waals surface area (Å²) in [6.45, 7) is 1.09. The number of hydrogen-bond donors (Lipinski definition) is 0. The van der Waals surface area contributed by atoms with Crippen LogP contribution in [-0.4, -0.2) is 43.4 Å². The van der Waals surface area contributed by atoms with Crippen molar-refractivity contribution in [2.24, 2.45) is 0 Å². The van der Waals surface area contributed by atoms with E-state index in [9.17, 15) is 13.6 Å². The van der Waals surface area contributed by atoms with Crippen LogP contribution in [0.3, 0.4) is 0 Å². The molecule has 22 heavy (non-hydrogen) atoms. The van der Waals surface area contributed by atoms with Crippen LogP contribution < -0.4 is 0 Å². The standard InChI is InChI=1S/C13H13F2N5O2/c1-2-9-18-11(22-19-9)8-6-13(14,15)7-20(8)12(21)10-16-4-3-5-17-10/h3-5,8H,2,6-7H2,1H3/t8-/m0/s1. The zero-order valence-corrected chi connectivity index (χ0v) is 11.7. The molecule has 0 bridgehead atoms. The average Bonchev–Trinajstić information content (AvgIpc) is 3.11. The first kappa shape index (κ1) is 14.5. The van der Waals surface area contributed by atoms with Gasteiger partial charge in [0.2, 0.25) is 11.7 Å². The van der Waals surface area contributed by atoms with E-state index in [2.05, 4.69) is 20.1 Å². The highest BCUT2D eigenvalue weighted by Crippen LogP contribution is 2.40.